The van der Waals surface area contributed by atoms with Crippen LogP contribution in [0.25, 0.3) is 0 Å². The quantitative estimate of drug-likeness (QED) is 0.512. The Labute approximate surface area is 212 Å². The normalized spacial score (nSPS) is 18.4. The van der Waals surface area contributed by atoms with Gasteiger partial charge in [0.05, 0.1) is 23.4 Å². The lowest BCUT2D eigenvalue weighted by atomic mass is 10.1. The highest BCUT2D eigenvalue weighted by molar-refractivity contribution is 5.55. The van der Waals surface area contributed by atoms with Crippen LogP contribution in [0.2, 0.25) is 0 Å². The average molecular weight is 537 g/mol. The molecule has 0 amide bonds. The molecular formula is C23H21F6N9. The van der Waals surface area contributed by atoms with Crippen molar-refractivity contribution in [3.8, 4) is 0 Å². The van der Waals surface area contributed by atoms with Gasteiger partial charge in [-0.05, 0) is 31.3 Å². The van der Waals surface area contributed by atoms with Gasteiger partial charge in [0.15, 0.2) is 11.3 Å². The van der Waals surface area contributed by atoms with Gasteiger partial charge >= 0.3 is 12.4 Å². The Kier molecular flexibility index (Phi) is 6.63. The molecule has 9 nitrogen and oxygen atoms in total. The lowest BCUT2D eigenvalue weighted by Gasteiger charge is -2.33. The molecule has 0 aromatic carbocycles. The third kappa shape index (κ3) is 5.37. The molecule has 0 radical (unpaired) electrons. The molecule has 0 bridgehead atoms. The number of nitrogens with one attached hydrogen (secondary N) is 1. The Hall–Kier alpha value is -3.88. The fraction of sp³-hybridized carbons (Fsp3) is 0.391. The second kappa shape index (κ2) is 9.78. The lowest BCUT2D eigenvalue weighted by molar-refractivity contribution is -0.139. The molecule has 5 rings (SSSR count). The summed E-state index contributed by atoms with van der Waals surface area (Å²) in [5.41, 5.74) is -1.78. The van der Waals surface area contributed by atoms with Gasteiger partial charge in [-0.2, -0.15) is 31.4 Å². The molecule has 5 heterocycles. The number of pyridine rings is 2. The van der Waals surface area contributed by atoms with Crippen LogP contribution in [-0.4, -0.2) is 64.8 Å². The van der Waals surface area contributed by atoms with E-state index in [1.807, 2.05) is 7.05 Å². The van der Waals surface area contributed by atoms with Crippen LogP contribution in [0.5, 0.6) is 0 Å². The molecule has 1 saturated heterocycles. The summed E-state index contributed by atoms with van der Waals surface area (Å²) in [6.45, 7) is 2.31. The van der Waals surface area contributed by atoms with Crippen LogP contribution < -0.4 is 21.1 Å². The van der Waals surface area contributed by atoms with Gasteiger partial charge in [-0.25, -0.2) is 9.97 Å². The predicted molar refractivity (Wildman–Crippen MR) is 123 cm³/mol. The molecule has 0 saturated carbocycles. The maximum Gasteiger partial charge on any atom is 0.418 e. The molecule has 38 heavy (non-hydrogen) atoms. The summed E-state index contributed by atoms with van der Waals surface area (Å²) in [6.07, 6.45) is -7.16. The van der Waals surface area contributed by atoms with Crippen LogP contribution >= 0.6 is 0 Å². The maximum absolute atomic E-state index is 14.0. The molecule has 1 fully saturated rings. The number of nitrogens with zero attached hydrogens (tertiary/aromatic N) is 8. The number of piperazine rings is 1. The highest BCUT2D eigenvalue weighted by Gasteiger charge is 2.38. The summed E-state index contributed by atoms with van der Waals surface area (Å²) in [5, 5.41) is 11.1. The van der Waals surface area contributed by atoms with Gasteiger partial charge in [0.25, 0.3) is 0 Å². The van der Waals surface area contributed by atoms with E-state index in [4.69, 9.17) is 0 Å². The molecule has 2 aliphatic rings. The Morgan fingerprint density at radius 2 is 1.68 bits per heavy atom. The molecule has 3 aromatic rings. The standard InChI is InChI=1S/C23H21F6N9/c1-37-6-8-38(9-7-37)18-10-14(23(27,28)29)19(36-35-18)16-12-32-20-15(4-5-30-21(20)34-16)33-17-3-2-13(11-31-17)22(24,25)26/h2-5,10-11,16H,6-9,12H2,1H3,(H,31,33). The predicted octanol–water partition coefficient (Wildman–Crippen LogP) is 2.79. The fourth-order valence-electron chi connectivity index (χ4n) is 4.14. The van der Waals surface area contributed by atoms with E-state index in [9.17, 15) is 26.3 Å². The number of fused-ring (bicyclic) bond motifs is 1. The summed E-state index contributed by atoms with van der Waals surface area (Å²) < 4.78 is 80.5. The first-order valence-corrected chi connectivity index (χ1v) is 11.5. The average Bonchev–Trinajstić information content (AvgIpc) is 2.88. The maximum atomic E-state index is 14.0. The number of aromatic nitrogens is 4. The molecule has 3 aromatic heterocycles. The monoisotopic (exact) mass is 537 g/mol. The van der Waals surface area contributed by atoms with Crippen molar-refractivity contribution in [1.29, 1.82) is 0 Å². The molecule has 15 heteroatoms. The van der Waals surface area contributed by atoms with Crippen molar-refractivity contribution < 1.29 is 26.3 Å². The smallest absolute Gasteiger partial charge is 0.353 e. The Balaban J connectivity index is 1.44. The largest absolute Gasteiger partial charge is 0.418 e. The van der Waals surface area contributed by atoms with Crippen molar-refractivity contribution in [3.05, 3.63) is 64.3 Å². The zero-order valence-corrected chi connectivity index (χ0v) is 19.9. The molecule has 1 N–H and O–H groups in total. The fourth-order valence-corrected chi connectivity index (χ4v) is 4.14. The van der Waals surface area contributed by atoms with Crippen LogP contribution in [0.4, 0.5) is 43.7 Å². The minimum Gasteiger partial charge on any atom is -0.353 e. The number of anilines is 3. The van der Waals surface area contributed by atoms with E-state index in [1.165, 1.54) is 12.3 Å². The van der Waals surface area contributed by atoms with Crippen molar-refractivity contribution in [2.75, 3.05) is 50.0 Å². The number of alkyl halides is 6. The number of hydrogen-bond donors (Lipinski definition) is 1. The second-order valence-corrected chi connectivity index (χ2v) is 8.86. The topological polar surface area (TPSA) is 94.8 Å². The minimum absolute atomic E-state index is 0.0660. The van der Waals surface area contributed by atoms with E-state index < -0.39 is 29.5 Å². The SMILES string of the molecule is CN1CCN(c2cc(C(F)(F)F)c(C3CN=c4c(Nc5ccc(C(F)(F)F)cn5)ccnc4=N3)nn2)CC1. The van der Waals surface area contributed by atoms with Crippen LogP contribution in [-0.2, 0) is 12.4 Å². The summed E-state index contributed by atoms with van der Waals surface area (Å²) in [4.78, 5) is 20.5. The van der Waals surface area contributed by atoms with Crippen molar-refractivity contribution >= 4 is 17.3 Å². The minimum atomic E-state index is -4.69. The summed E-state index contributed by atoms with van der Waals surface area (Å²) in [6, 6.07) is 3.49. The summed E-state index contributed by atoms with van der Waals surface area (Å²) in [5.74, 6) is 0.268. The molecule has 200 valence electrons. The highest BCUT2D eigenvalue weighted by atomic mass is 19.4. The zero-order valence-electron chi connectivity index (χ0n) is 19.9. The molecular weight excluding hydrogens is 516 g/mol. The lowest BCUT2D eigenvalue weighted by Crippen LogP contribution is -2.45. The van der Waals surface area contributed by atoms with E-state index in [1.54, 1.807) is 4.90 Å². The number of rotatable bonds is 4. The first-order chi connectivity index (χ1) is 18.0. The van der Waals surface area contributed by atoms with Gasteiger partial charge in [-0.3, -0.25) is 9.98 Å². The van der Waals surface area contributed by atoms with E-state index in [0.717, 1.165) is 18.2 Å². The molecule has 1 unspecified atom stereocenters. The number of likely N-dealkylation sites (N-methyl/N-ethyl adjacent to an activating group) is 1. The Bertz CT molecular complexity index is 1430. The Morgan fingerprint density at radius 1 is 0.921 bits per heavy atom. The van der Waals surface area contributed by atoms with Gasteiger partial charge in [0.2, 0.25) is 0 Å². The van der Waals surface area contributed by atoms with Crippen molar-refractivity contribution in [2.45, 2.75) is 18.4 Å². The van der Waals surface area contributed by atoms with Crippen LogP contribution in [0.15, 0.2) is 46.6 Å². The van der Waals surface area contributed by atoms with Gasteiger partial charge in [-0.1, -0.05) is 0 Å². The zero-order chi connectivity index (χ0) is 27.1. The molecule has 2 aliphatic heterocycles. The van der Waals surface area contributed by atoms with Crippen molar-refractivity contribution in [2.24, 2.45) is 9.98 Å². The third-order valence-electron chi connectivity index (χ3n) is 6.22. The highest BCUT2D eigenvalue weighted by Crippen LogP contribution is 2.36. The van der Waals surface area contributed by atoms with Crippen LogP contribution in [0.3, 0.4) is 0 Å². The van der Waals surface area contributed by atoms with Gasteiger partial charge in [-0.15, -0.1) is 5.10 Å². The third-order valence-corrected chi connectivity index (χ3v) is 6.22. The number of halogens is 6. The van der Waals surface area contributed by atoms with Gasteiger partial charge in [0, 0.05) is 38.6 Å². The van der Waals surface area contributed by atoms with E-state index in [2.05, 4.69) is 40.4 Å². The van der Waals surface area contributed by atoms with Crippen molar-refractivity contribution in [3.63, 3.8) is 0 Å². The van der Waals surface area contributed by atoms with E-state index in [-0.39, 0.29) is 34.7 Å². The first-order valence-electron chi connectivity index (χ1n) is 11.5. The molecule has 0 aliphatic carbocycles. The molecule has 0 spiro atoms. The van der Waals surface area contributed by atoms with Gasteiger partial charge in [0.1, 0.15) is 22.9 Å². The summed E-state index contributed by atoms with van der Waals surface area (Å²) in [7, 11) is 1.94. The van der Waals surface area contributed by atoms with E-state index >= 15 is 0 Å². The second-order valence-electron chi connectivity index (χ2n) is 8.86. The van der Waals surface area contributed by atoms with Gasteiger partial charge < -0.3 is 15.1 Å². The summed E-state index contributed by atoms with van der Waals surface area (Å²) >= 11 is 0. The first kappa shape index (κ1) is 25.8. The van der Waals surface area contributed by atoms with Crippen LogP contribution in [0.1, 0.15) is 22.9 Å². The number of hydrogen-bond acceptors (Lipinski definition) is 9. The Morgan fingerprint density at radius 3 is 2.34 bits per heavy atom. The van der Waals surface area contributed by atoms with Crippen molar-refractivity contribution in [1.82, 2.24) is 25.1 Å². The molecule has 1 atom stereocenters. The van der Waals surface area contributed by atoms with E-state index in [0.29, 0.717) is 38.1 Å². The van der Waals surface area contributed by atoms with Crippen LogP contribution in [0, 0.1) is 0 Å².